The van der Waals surface area contributed by atoms with Gasteiger partial charge in [0.1, 0.15) is 17.3 Å². The molecule has 2 aromatic rings. The van der Waals surface area contributed by atoms with Crippen molar-refractivity contribution in [1.29, 1.82) is 0 Å². The van der Waals surface area contributed by atoms with E-state index in [0.29, 0.717) is 13.0 Å². The van der Waals surface area contributed by atoms with Crippen molar-refractivity contribution in [2.75, 3.05) is 18.6 Å². The van der Waals surface area contributed by atoms with E-state index in [2.05, 4.69) is 0 Å². The number of fused-ring (bicyclic) bond motifs is 3. The number of imide groups is 1. The number of nitro benzene ring substituents is 1. The molecule has 0 saturated carbocycles. The number of amides is 2. The number of hydrogen-bond acceptors (Lipinski definition) is 7. The van der Waals surface area contributed by atoms with Gasteiger partial charge in [-0.1, -0.05) is 0 Å². The molecule has 2 amide bonds. The number of halogens is 1. The van der Waals surface area contributed by atoms with Crippen LogP contribution >= 0.6 is 0 Å². The average molecular weight is 453 g/mol. The highest BCUT2D eigenvalue weighted by atomic mass is 19.1. The van der Waals surface area contributed by atoms with Crippen molar-refractivity contribution in [2.45, 2.75) is 24.9 Å². The lowest BCUT2D eigenvalue weighted by atomic mass is 9.85. The summed E-state index contributed by atoms with van der Waals surface area (Å²) in [6.45, 7) is 0.579. The van der Waals surface area contributed by atoms with Gasteiger partial charge in [0.2, 0.25) is 11.8 Å². The Morgan fingerprint density at radius 2 is 1.82 bits per heavy atom. The van der Waals surface area contributed by atoms with Gasteiger partial charge in [0.15, 0.2) is 5.78 Å². The maximum Gasteiger partial charge on any atom is 0.271 e. The van der Waals surface area contributed by atoms with E-state index in [4.69, 9.17) is 4.74 Å². The zero-order chi connectivity index (χ0) is 23.4. The molecule has 0 radical (unpaired) electrons. The number of carbonyl (C=O) groups excluding carboxylic acids is 3. The lowest BCUT2D eigenvalue weighted by Crippen LogP contribution is -2.46. The Kier molecular flexibility index (Phi) is 4.97. The molecule has 3 aliphatic heterocycles. The summed E-state index contributed by atoms with van der Waals surface area (Å²) >= 11 is 0. The van der Waals surface area contributed by atoms with Crippen molar-refractivity contribution in [3.63, 3.8) is 0 Å². The van der Waals surface area contributed by atoms with Gasteiger partial charge < -0.3 is 4.74 Å². The van der Waals surface area contributed by atoms with Crippen LogP contribution in [0.15, 0.2) is 42.5 Å². The zero-order valence-electron chi connectivity index (χ0n) is 17.6. The second-order valence-corrected chi connectivity index (χ2v) is 8.44. The predicted molar refractivity (Wildman–Crippen MR) is 113 cm³/mol. The van der Waals surface area contributed by atoms with Crippen LogP contribution in [-0.4, -0.2) is 53.2 Å². The number of nitro groups is 1. The van der Waals surface area contributed by atoms with E-state index in [9.17, 15) is 28.9 Å². The number of benzene rings is 2. The number of Topliss-reactive ketones (excluding diaryl/α,β-unsaturated/α-hetero) is 1. The summed E-state index contributed by atoms with van der Waals surface area (Å²) in [5.74, 6) is -3.42. The van der Waals surface area contributed by atoms with Gasteiger partial charge in [-0.15, -0.1) is 0 Å². The summed E-state index contributed by atoms with van der Waals surface area (Å²) in [6, 6.07) is 7.68. The van der Waals surface area contributed by atoms with E-state index in [0.717, 1.165) is 17.4 Å². The highest BCUT2D eigenvalue weighted by Gasteiger charge is 2.65. The number of ether oxygens (including phenoxy) is 1. The van der Waals surface area contributed by atoms with E-state index >= 15 is 0 Å². The summed E-state index contributed by atoms with van der Waals surface area (Å²) in [4.78, 5) is 54.1. The van der Waals surface area contributed by atoms with E-state index in [1.165, 1.54) is 43.5 Å². The predicted octanol–water partition coefficient (Wildman–Crippen LogP) is 2.58. The molecule has 9 nitrogen and oxygen atoms in total. The number of rotatable bonds is 5. The van der Waals surface area contributed by atoms with Crippen LogP contribution in [0.3, 0.4) is 0 Å². The van der Waals surface area contributed by atoms with Crippen molar-refractivity contribution in [3.8, 4) is 5.75 Å². The second-order valence-electron chi connectivity index (χ2n) is 8.44. The molecule has 0 spiro atoms. The molecule has 170 valence electrons. The fourth-order valence-corrected chi connectivity index (χ4v) is 5.50. The maximum atomic E-state index is 13.6. The number of ketones is 1. The third kappa shape index (κ3) is 3.12. The first-order valence-corrected chi connectivity index (χ1v) is 10.6. The first-order chi connectivity index (χ1) is 15.8. The van der Waals surface area contributed by atoms with Crippen LogP contribution in [0.1, 0.15) is 23.2 Å². The van der Waals surface area contributed by atoms with Crippen molar-refractivity contribution in [3.05, 3.63) is 64.0 Å². The monoisotopic (exact) mass is 453 g/mol. The van der Waals surface area contributed by atoms with Crippen molar-refractivity contribution >= 4 is 29.0 Å². The summed E-state index contributed by atoms with van der Waals surface area (Å²) in [7, 11) is 1.34. The molecule has 0 unspecified atom stereocenters. The maximum absolute atomic E-state index is 13.6. The molecule has 3 aliphatic rings. The first kappa shape index (κ1) is 21.2. The minimum atomic E-state index is -0.927. The molecular weight excluding hydrogens is 433 g/mol. The number of hydrogen-bond donors (Lipinski definition) is 0. The van der Waals surface area contributed by atoms with Crippen LogP contribution in [0.4, 0.5) is 15.8 Å². The highest BCUT2D eigenvalue weighted by molar-refractivity contribution is 6.25. The Balaban J connectivity index is 1.58. The van der Waals surface area contributed by atoms with Crippen LogP contribution in [0.25, 0.3) is 0 Å². The summed E-state index contributed by atoms with van der Waals surface area (Å²) in [5.41, 5.74) is -0.0298. The fourth-order valence-electron chi connectivity index (χ4n) is 5.50. The Bertz CT molecular complexity index is 1180. The largest absolute Gasteiger partial charge is 0.495 e. The topological polar surface area (TPSA) is 110 Å². The summed E-state index contributed by atoms with van der Waals surface area (Å²) in [6.07, 6.45) is 1.44. The van der Waals surface area contributed by atoms with E-state index in [-0.39, 0.29) is 34.5 Å². The van der Waals surface area contributed by atoms with E-state index in [1.807, 2.05) is 4.90 Å². The Morgan fingerprint density at radius 1 is 1.12 bits per heavy atom. The highest BCUT2D eigenvalue weighted by Crippen LogP contribution is 2.50. The summed E-state index contributed by atoms with van der Waals surface area (Å²) in [5, 5.41) is 11.3. The molecular formula is C23H20FN3O6. The normalized spacial score (nSPS) is 26.4. The standard InChI is InChI=1S/C23H20FN3O6/c1-33-17-9-8-14(27(31)32)11-16(17)26-22(29)18-15-3-2-10-25(15)20(19(18)23(26)30)21(28)12-4-6-13(24)7-5-12/h4-9,11,15,18-20H,2-3,10H2,1H3/t15-,18-,19-,20-/m0/s1. The van der Waals surface area contributed by atoms with Crippen LogP contribution in [-0.2, 0) is 9.59 Å². The molecule has 5 rings (SSSR count). The molecule has 3 fully saturated rings. The van der Waals surface area contributed by atoms with Crippen molar-refractivity contribution in [1.82, 2.24) is 4.90 Å². The molecule has 0 aliphatic carbocycles. The van der Waals surface area contributed by atoms with Gasteiger partial charge in [0.25, 0.3) is 5.69 Å². The second kappa shape index (κ2) is 7.73. The number of nitrogens with zero attached hydrogens (tertiary/aromatic N) is 3. The van der Waals surface area contributed by atoms with Gasteiger partial charge in [-0.25, -0.2) is 9.29 Å². The number of carbonyl (C=O) groups is 3. The minimum absolute atomic E-state index is 0.00590. The lowest BCUT2D eigenvalue weighted by molar-refractivity contribution is -0.384. The third-order valence-electron chi connectivity index (χ3n) is 6.86. The molecule has 3 saturated heterocycles. The quantitative estimate of drug-likeness (QED) is 0.296. The molecule has 10 heteroatoms. The van der Waals surface area contributed by atoms with Crippen molar-refractivity contribution in [2.24, 2.45) is 11.8 Å². The molecule has 4 atom stereocenters. The van der Waals surface area contributed by atoms with Gasteiger partial charge in [-0.3, -0.25) is 29.4 Å². The number of anilines is 1. The van der Waals surface area contributed by atoms with Crippen LogP contribution in [0, 0.1) is 27.8 Å². The summed E-state index contributed by atoms with van der Waals surface area (Å²) < 4.78 is 18.7. The van der Waals surface area contributed by atoms with Crippen LogP contribution in [0.5, 0.6) is 5.75 Å². The Labute approximate surface area is 187 Å². The SMILES string of the molecule is COc1ccc([N+](=O)[O-])cc1N1C(=O)[C@@H]2[C@H](C1=O)[C@@H](C(=O)c1ccc(F)cc1)N1CCC[C@@H]21. The van der Waals surface area contributed by atoms with E-state index in [1.54, 1.807) is 0 Å². The fraction of sp³-hybridized carbons (Fsp3) is 0.348. The van der Waals surface area contributed by atoms with Crippen LogP contribution in [0.2, 0.25) is 0 Å². The lowest BCUT2D eigenvalue weighted by Gasteiger charge is -2.28. The van der Waals surface area contributed by atoms with Gasteiger partial charge in [-0.2, -0.15) is 0 Å². The molecule has 3 heterocycles. The average Bonchev–Trinajstić information content (AvgIpc) is 3.45. The van der Waals surface area contributed by atoms with Gasteiger partial charge >= 0.3 is 0 Å². The Hall–Kier alpha value is -3.66. The zero-order valence-corrected chi connectivity index (χ0v) is 17.6. The number of methoxy groups -OCH3 is 1. The molecule has 2 aromatic carbocycles. The number of non-ortho nitro benzene ring substituents is 1. The molecule has 0 bridgehead atoms. The third-order valence-corrected chi connectivity index (χ3v) is 6.86. The minimum Gasteiger partial charge on any atom is -0.495 e. The first-order valence-electron chi connectivity index (χ1n) is 10.6. The van der Waals surface area contributed by atoms with E-state index < -0.39 is 40.4 Å². The van der Waals surface area contributed by atoms with Crippen molar-refractivity contribution < 1.29 is 28.4 Å². The van der Waals surface area contributed by atoms with Gasteiger partial charge in [-0.05, 0) is 49.7 Å². The van der Waals surface area contributed by atoms with Crippen LogP contribution < -0.4 is 9.64 Å². The Morgan fingerprint density at radius 3 is 2.48 bits per heavy atom. The van der Waals surface area contributed by atoms with Gasteiger partial charge in [0.05, 0.1) is 29.9 Å². The molecule has 33 heavy (non-hydrogen) atoms. The van der Waals surface area contributed by atoms with Gasteiger partial charge in [0, 0.05) is 23.7 Å². The molecule has 0 aromatic heterocycles. The smallest absolute Gasteiger partial charge is 0.271 e. The molecule has 0 N–H and O–H groups in total.